The van der Waals surface area contributed by atoms with Crippen LogP contribution in [0.25, 0.3) is 0 Å². The van der Waals surface area contributed by atoms with Crippen LogP contribution in [0.1, 0.15) is 12.0 Å². The lowest BCUT2D eigenvalue weighted by molar-refractivity contribution is -0.117. The van der Waals surface area contributed by atoms with Crippen LogP contribution in [0.5, 0.6) is 0 Å². The molecule has 5 heteroatoms. The van der Waals surface area contributed by atoms with Crippen LogP contribution < -0.4 is 16.0 Å². The van der Waals surface area contributed by atoms with E-state index in [9.17, 15) is 4.79 Å². The number of amides is 1. The van der Waals surface area contributed by atoms with Crippen molar-refractivity contribution in [3.63, 3.8) is 0 Å². The average Bonchev–Trinajstić information content (AvgIpc) is 2.50. The maximum atomic E-state index is 11.9. The number of benzene rings is 1. The average molecular weight is 254 g/mol. The summed E-state index contributed by atoms with van der Waals surface area (Å²) in [6.07, 6.45) is 0.900. The first-order chi connectivity index (χ1) is 8.13. The summed E-state index contributed by atoms with van der Waals surface area (Å²) < 4.78 is 0. The van der Waals surface area contributed by atoms with Gasteiger partial charge in [-0.2, -0.15) is 0 Å². The highest BCUT2D eigenvalue weighted by Gasteiger charge is 2.22. The van der Waals surface area contributed by atoms with Gasteiger partial charge in [0.2, 0.25) is 5.91 Å². The number of nitrogens with two attached hydrogens (primary N) is 1. The Balaban J connectivity index is 2.51. The summed E-state index contributed by atoms with van der Waals surface area (Å²) in [5.74, 6) is -0.0552. The molecular formula is C12H16ClN3O. The van der Waals surface area contributed by atoms with Gasteiger partial charge < -0.3 is 16.0 Å². The van der Waals surface area contributed by atoms with Gasteiger partial charge in [0, 0.05) is 18.1 Å². The van der Waals surface area contributed by atoms with Gasteiger partial charge in [0.1, 0.15) is 0 Å². The highest BCUT2D eigenvalue weighted by Crippen LogP contribution is 2.34. The van der Waals surface area contributed by atoms with Crippen molar-refractivity contribution >= 4 is 28.9 Å². The van der Waals surface area contributed by atoms with Gasteiger partial charge in [-0.25, -0.2) is 0 Å². The fraction of sp³-hybridized carbons (Fsp3) is 0.417. The van der Waals surface area contributed by atoms with Crippen LogP contribution in [-0.2, 0) is 4.79 Å². The molecule has 4 nitrogen and oxygen atoms in total. The topological polar surface area (TPSA) is 58.4 Å². The third-order valence-electron chi connectivity index (χ3n) is 2.88. The molecule has 3 N–H and O–H groups in total. The summed E-state index contributed by atoms with van der Waals surface area (Å²) in [7, 11) is 0. The number of aryl methyl sites for hydroxylation is 1. The maximum absolute atomic E-state index is 11.9. The molecule has 1 aliphatic heterocycles. The lowest BCUT2D eigenvalue weighted by atomic mass is 10.1. The van der Waals surface area contributed by atoms with Gasteiger partial charge in [0.15, 0.2) is 0 Å². The van der Waals surface area contributed by atoms with Gasteiger partial charge in [0.05, 0.1) is 17.9 Å². The molecule has 0 aromatic heterocycles. The lowest BCUT2D eigenvalue weighted by Crippen LogP contribution is -2.36. The minimum Gasteiger partial charge on any atom is -0.383 e. The summed E-state index contributed by atoms with van der Waals surface area (Å²) in [5.41, 5.74) is 8.26. The molecule has 1 amide bonds. The van der Waals surface area contributed by atoms with Gasteiger partial charge in [-0.3, -0.25) is 4.79 Å². The molecular weight excluding hydrogens is 238 g/mol. The molecule has 0 saturated carbocycles. The van der Waals surface area contributed by atoms with Crippen molar-refractivity contribution in [2.75, 3.05) is 29.9 Å². The number of rotatable bonds is 1. The second-order valence-electron chi connectivity index (χ2n) is 4.15. The fourth-order valence-electron chi connectivity index (χ4n) is 2.16. The Hall–Kier alpha value is -1.26. The zero-order valence-corrected chi connectivity index (χ0v) is 10.5. The summed E-state index contributed by atoms with van der Waals surface area (Å²) in [6, 6.07) is 3.72. The summed E-state index contributed by atoms with van der Waals surface area (Å²) in [4.78, 5) is 13.6. The van der Waals surface area contributed by atoms with Crippen LogP contribution in [0.4, 0.5) is 11.4 Å². The molecule has 0 radical (unpaired) electrons. The van der Waals surface area contributed by atoms with Crippen LogP contribution in [0.3, 0.4) is 0 Å². The molecule has 1 aromatic carbocycles. The second-order valence-corrected chi connectivity index (χ2v) is 4.59. The number of hydrogen-bond donors (Lipinski definition) is 2. The van der Waals surface area contributed by atoms with E-state index in [0.29, 0.717) is 11.6 Å². The number of nitrogens with one attached hydrogen (secondary N) is 1. The van der Waals surface area contributed by atoms with E-state index in [-0.39, 0.29) is 12.5 Å². The Morgan fingerprint density at radius 3 is 3.06 bits per heavy atom. The van der Waals surface area contributed by atoms with E-state index >= 15 is 0 Å². The van der Waals surface area contributed by atoms with Gasteiger partial charge in [0.25, 0.3) is 0 Å². The maximum Gasteiger partial charge on any atom is 0.240 e. The van der Waals surface area contributed by atoms with E-state index in [1.54, 1.807) is 4.90 Å². The predicted octanol–water partition coefficient (Wildman–Crippen LogP) is 1.76. The van der Waals surface area contributed by atoms with Gasteiger partial charge in [-0.05, 0) is 31.0 Å². The standard InChI is InChI=1S/C12H16ClN3O/c1-8-5-9(13)6-10-12(8)16(11(17)7-14)4-2-3-15-10/h5-6,15H,2-4,7,14H2,1H3. The highest BCUT2D eigenvalue weighted by atomic mass is 35.5. The van der Waals surface area contributed by atoms with Gasteiger partial charge >= 0.3 is 0 Å². The molecule has 92 valence electrons. The second kappa shape index (κ2) is 4.94. The smallest absolute Gasteiger partial charge is 0.240 e. The molecule has 0 unspecified atom stereocenters. The van der Waals surface area contributed by atoms with Crippen LogP contribution in [0, 0.1) is 6.92 Å². The van der Waals surface area contributed by atoms with Crippen molar-refractivity contribution in [3.8, 4) is 0 Å². The number of fused-ring (bicyclic) bond motifs is 1. The zero-order chi connectivity index (χ0) is 12.4. The summed E-state index contributed by atoms with van der Waals surface area (Å²) in [6.45, 7) is 3.51. The van der Waals surface area contributed by atoms with Gasteiger partial charge in [-0.15, -0.1) is 0 Å². The van der Waals surface area contributed by atoms with Gasteiger partial charge in [-0.1, -0.05) is 11.6 Å². The largest absolute Gasteiger partial charge is 0.383 e. The number of nitrogens with zero attached hydrogens (tertiary/aromatic N) is 1. The fourth-order valence-corrected chi connectivity index (χ4v) is 2.43. The molecule has 0 spiro atoms. The van der Waals surface area contributed by atoms with Crippen LogP contribution in [0.15, 0.2) is 12.1 Å². The third-order valence-corrected chi connectivity index (χ3v) is 3.10. The molecule has 1 aromatic rings. The number of hydrogen-bond acceptors (Lipinski definition) is 3. The number of carbonyl (C=O) groups is 1. The van der Waals surface area contributed by atoms with E-state index in [4.69, 9.17) is 17.3 Å². The Bertz CT molecular complexity index is 448. The minimum absolute atomic E-state index is 0.0293. The Labute approximate surface area is 106 Å². The van der Waals surface area contributed by atoms with E-state index in [0.717, 1.165) is 29.9 Å². The molecule has 2 rings (SSSR count). The molecule has 17 heavy (non-hydrogen) atoms. The molecule has 0 atom stereocenters. The Morgan fingerprint density at radius 1 is 1.59 bits per heavy atom. The number of halogens is 1. The number of anilines is 2. The van der Waals surface area contributed by atoms with Crippen molar-refractivity contribution in [1.29, 1.82) is 0 Å². The SMILES string of the molecule is Cc1cc(Cl)cc2c1N(C(=O)CN)CCCN2. The number of carbonyl (C=O) groups excluding carboxylic acids is 1. The van der Waals surface area contributed by atoms with Crippen molar-refractivity contribution < 1.29 is 4.79 Å². The zero-order valence-electron chi connectivity index (χ0n) is 9.79. The highest BCUT2D eigenvalue weighted by molar-refractivity contribution is 6.31. The third kappa shape index (κ3) is 2.37. The Kier molecular flexibility index (Phi) is 3.54. The monoisotopic (exact) mass is 253 g/mol. The Morgan fingerprint density at radius 2 is 2.35 bits per heavy atom. The van der Waals surface area contributed by atoms with E-state index in [1.807, 2.05) is 19.1 Å². The first-order valence-corrected chi connectivity index (χ1v) is 6.05. The van der Waals surface area contributed by atoms with Crippen LogP contribution in [0.2, 0.25) is 5.02 Å². The van der Waals surface area contributed by atoms with Crippen LogP contribution in [-0.4, -0.2) is 25.5 Å². The van der Waals surface area contributed by atoms with E-state index in [2.05, 4.69) is 5.32 Å². The molecule has 0 bridgehead atoms. The van der Waals surface area contributed by atoms with E-state index < -0.39 is 0 Å². The van der Waals surface area contributed by atoms with Crippen molar-refractivity contribution in [3.05, 3.63) is 22.7 Å². The quantitative estimate of drug-likeness (QED) is 0.802. The molecule has 1 heterocycles. The summed E-state index contributed by atoms with van der Waals surface area (Å²) in [5, 5.41) is 3.97. The molecule has 0 aliphatic carbocycles. The normalized spacial score (nSPS) is 14.9. The van der Waals surface area contributed by atoms with Crippen LogP contribution >= 0.6 is 11.6 Å². The first-order valence-electron chi connectivity index (χ1n) is 5.68. The first kappa shape index (κ1) is 12.2. The minimum atomic E-state index is -0.0552. The lowest BCUT2D eigenvalue weighted by Gasteiger charge is -2.24. The van der Waals surface area contributed by atoms with Crippen molar-refractivity contribution in [2.45, 2.75) is 13.3 Å². The predicted molar refractivity (Wildman–Crippen MR) is 70.7 cm³/mol. The molecule has 1 aliphatic rings. The summed E-state index contributed by atoms with van der Waals surface area (Å²) >= 11 is 6.03. The molecule has 0 saturated heterocycles. The van der Waals surface area contributed by atoms with E-state index in [1.165, 1.54) is 0 Å². The van der Waals surface area contributed by atoms with Crippen molar-refractivity contribution in [1.82, 2.24) is 0 Å². The van der Waals surface area contributed by atoms with Crippen molar-refractivity contribution in [2.24, 2.45) is 5.73 Å². The molecule has 0 fully saturated rings.